The van der Waals surface area contributed by atoms with Gasteiger partial charge in [0.05, 0.1) is 13.7 Å². The average Bonchev–Trinajstić information content (AvgIpc) is 2.63. The van der Waals surface area contributed by atoms with Crippen LogP contribution in [0.3, 0.4) is 0 Å². The molecule has 0 aliphatic carbocycles. The van der Waals surface area contributed by atoms with Crippen molar-refractivity contribution in [2.75, 3.05) is 24.4 Å². The van der Waals surface area contributed by atoms with Crippen molar-refractivity contribution < 1.29 is 9.47 Å². The number of ether oxygens (including phenoxy) is 2. The van der Waals surface area contributed by atoms with Gasteiger partial charge in [-0.05, 0) is 50.2 Å². The normalized spacial score (nSPS) is 10.3. The Labute approximate surface area is 153 Å². The van der Waals surface area contributed by atoms with Crippen LogP contribution in [0.1, 0.15) is 12.6 Å². The fourth-order valence-electron chi connectivity index (χ4n) is 2.47. The lowest BCUT2D eigenvalue weighted by molar-refractivity contribution is 0.340. The molecule has 0 saturated heterocycles. The Kier molecular flexibility index (Phi) is 5.53. The fourth-order valence-corrected chi connectivity index (χ4v) is 2.47. The average molecular weight is 350 g/mol. The van der Waals surface area contributed by atoms with Gasteiger partial charge in [0.15, 0.2) is 0 Å². The molecule has 0 unspecified atom stereocenters. The molecule has 0 spiro atoms. The molecule has 1 aromatic heterocycles. The second-order valence-electron chi connectivity index (χ2n) is 5.66. The smallest absolute Gasteiger partial charge is 0.229 e. The zero-order chi connectivity index (χ0) is 18.4. The van der Waals surface area contributed by atoms with Crippen LogP contribution < -0.4 is 20.1 Å². The Balaban J connectivity index is 1.76. The molecule has 0 bridgehead atoms. The fraction of sp³-hybridized carbons (Fsp3) is 0.200. The molecule has 0 saturated carbocycles. The van der Waals surface area contributed by atoms with Crippen molar-refractivity contribution in [3.8, 4) is 11.5 Å². The molecule has 0 aliphatic rings. The van der Waals surface area contributed by atoms with E-state index >= 15 is 0 Å². The topological polar surface area (TPSA) is 68.3 Å². The SMILES string of the molecule is CCOc1ccc(Nc2cc(C)nc(Nc3cccc(OC)c3)n2)cc1. The van der Waals surface area contributed by atoms with Gasteiger partial charge >= 0.3 is 0 Å². The molecule has 6 nitrogen and oxygen atoms in total. The Bertz CT molecular complexity index is 866. The minimum absolute atomic E-state index is 0.520. The maximum atomic E-state index is 5.46. The van der Waals surface area contributed by atoms with Crippen LogP contribution in [-0.2, 0) is 0 Å². The van der Waals surface area contributed by atoms with E-state index in [0.717, 1.165) is 28.6 Å². The van der Waals surface area contributed by atoms with Crippen molar-refractivity contribution in [1.29, 1.82) is 0 Å². The molecule has 134 valence electrons. The molecule has 0 fully saturated rings. The number of aryl methyl sites for hydroxylation is 1. The van der Waals surface area contributed by atoms with Crippen molar-refractivity contribution in [3.05, 3.63) is 60.3 Å². The van der Waals surface area contributed by atoms with E-state index in [1.807, 2.05) is 68.4 Å². The second-order valence-corrected chi connectivity index (χ2v) is 5.66. The summed E-state index contributed by atoms with van der Waals surface area (Å²) >= 11 is 0. The first-order valence-electron chi connectivity index (χ1n) is 8.43. The molecule has 26 heavy (non-hydrogen) atoms. The van der Waals surface area contributed by atoms with Gasteiger partial charge in [-0.3, -0.25) is 0 Å². The summed E-state index contributed by atoms with van der Waals surface area (Å²) in [4.78, 5) is 8.97. The third kappa shape index (κ3) is 4.63. The highest BCUT2D eigenvalue weighted by molar-refractivity contribution is 5.61. The Hall–Kier alpha value is -3.28. The third-order valence-corrected chi connectivity index (χ3v) is 3.62. The molecule has 3 aromatic rings. The number of nitrogens with one attached hydrogen (secondary N) is 2. The van der Waals surface area contributed by atoms with Crippen LogP contribution in [0, 0.1) is 6.92 Å². The van der Waals surface area contributed by atoms with Crippen molar-refractivity contribution >= 4 is 23.1 Å². The molecule has 0 amide bonds. The molecule has 2 aromatic carbocycles. The van der Waals surface area contributed by atoms with Gasteiger partial charge < -0.3 is 20.1 Å². The third-order valence-electron chi connectivity index (χ3n) is 3.62. The maximum Gasteiger partial charge on any atom is 0.229 e. The summed E-state index contributed by atoms with van der Waals surface area (Å²) in [5.41, 5.74) is 2.65. The number of anilines is 4. The second kappa shape index (κ2) is 8.20. The zero-order valence-corrected chi connectivity index (χ0v) is 15.1. The van der Waals surface area contributed by atoms with Gasteiger partial charge in [-0.15, -0.1) is 0 Å². The summed E-state index contributed by atoms with van der Waals surface area (Å²) in [7, 11) is 1.64. The largest absolute Gasteiger partial charge is 0.497 e. The van der Waals surface area contributed by atoms with Gasteiger partial charge in [-0.1, -0.05) is 6.07 Å². The first kappa shape index (κ1) is 17.5. The standard InChI is InChI=1S/C20H22N4O2/c1-4-26-17-10-8-15(9-11-17)22-19-12-14(2)21-20(24-19)23-16-6-5-7-18(13-16)25-3/h5-13H,4H2,1-3H3,(H2,21,22,23,24). The number of aromatic nitrogens is 2. The first-order chi connectivity index (χ1) is 12.7. The van der Waals surface area contributed by atoms with Crippen LogP contribution in [-0.4, -0.2) is 23.7 Å². The van der Waals surface area contributed by atoms with Gasteiger partial charge in [0, 0.05) is 29.2 Å². The van der Waals surface area contributed by atoms with Crippen LogP contribution in [0.15, 0.2) is 54.6 Å². The summed E-state index contributed by atoms with van der Waals surface area (Å²) < 4.78 is 10.7. The predicted octanol–water partition coefficient (Wildman–Crippen LogP) is 4.68. The summed E-state index contributed by atoms with van der Waals surface area (Å²) in [6.07, 6.45) is 0. The van der Waals surface area contributed by atoms with Gasteiger partial charge in [-0.25, -0.2) is 4.98 Å². The first-order valence-corrected chi connectivity index (χ1v) is 8.43. The van der Waals surface area contributed by atoms with Gasteiger partial charge in [0.25, 0.3) is 0 Å². The highest BCUT2D eigenvalue weighted by Crippen LogP contribution is 2.23. The van der Waals surface area contributed by atoms with E-state index in [0.29, 0.717) is 18.4 Å². The minimum atomic E-state index is 0.520. The number of methoxy groups -OCH3 is 1. The summed E-state index contributed by atoms with van der Waals surface area (Å²) in [6.45, 7) is 4.55. The molecular weight excluding hydrogens is 328 g/mol. The number of hydrogen-bond acceptors (Lipinski definition) is 6. The maximum absolute atomic E-state index is 5.46. The number of rotatable bonds is 7. The van der Waals surface area contributed by atoms with Crippen LogP contribution in [0.5, 0.6) is 11.5 Å². The highest BCUT2D eigenvalue weighted by atomic mass is 16.5. The Morgan fingerprint density at radius 1 is 0.885 bits per heavy atom. The molecule has 0 aliphatic heterocycles. The monoisotopic (exact) mass is 350 g/mol. The van der Waals surface area contributed by atoms with Crippen molar-refractivity contribution in [3.63, 3.8) is 0 Å². The number of benzene rings is 2. The van der Waals surface area contributed by atoms with Gasteiger partial charge in [-0.2, -0.15) is 4.98 Å². The highest BCUT2D eigenvalue weighted by Gasteiger charge is 2.05. The van der Waals surface area contributed by atoms with E-state index in [1.54, 1.807) is 7.11 Å². The van der Waals surface area contributed by atoms with E-state index in [-0.39, 0.29) is 0 Å². The molecule has 6 heteroatoms. The molecule has 1 heterocycles. The number of hydrogen-bond donors (Lipinski definition) is 2. The van der Waals surface area contributed by atoms with Crippen molar-refractivity contribution in [2.45, 2.75) is 13.8 Å². The van der Waals surface area contributed by atoms with Crippen LogP contribution in [0.4, 0.5) is 23.1 Å². The van der Waals surface area contributed by atoms with Crippen molar-refractivity contribution in [1.82, 2.24) is 9.97 Å². The zero-order valence-electron chi connectivity index (χ0n) is 15.1. The van der Waals surface area contributed by atoms with E-state index in [9.17, 15) is 0 Å². The molecule has 2 N–H and O–H groups in total. The van der Waals surface area contributed by atoms with E-state index in [4.69, 9.17) is 9.47 Å². The summed E-state index contributed by atoms with van der Waals surface area (Å²) in [6, 6.07) is 17.3. The Morgan fingerprint density at radius 2 is 1.69 bits per heavy atom. The van der Waals surface area contributed by atoms with Crippen LogP contribution in [0.2, 0.25) is 0 Å². The Morgan fingerprint density at radius 3 is 2.42 bits per heavy atom. The summed E-state index contributed by atoms with van der Waals surface area (Å²) in [5, 5.41) is 6.50. The van der Waals surface area contributed by atoms with E-state index < -0.39 is 0 Å². The van der Waals surface area contributed by atoms with E-state index in [1.165, 1.54) is 0 Å². The molecule has 3 rings (SSSR count). The lowest BCUT2D eigenvalue weighted by Crippen LogP contribution is -2.02. The quantitative estimate of drug-likeness (QED) is 0.645. The number of nitrogens with zero attached hydrogens (tertiary/aromatic N) is 2. The molecule has 0 atom stereocenters. The predicted molar refractivity (Wildman–Crippen MR) is 104 cm³/mol. The van der Waals surface area contributed by atoms with Crippen LogP contribution in [0.25, 0.3) is 0 Å². The lowest BCUT2D eigenvalue weighted by Gasteiger charge is -2.11. The van der Waals surface area contributed by atoms with Gasteiger partial charge in [0.1, 0.15) is 17.3 Å². The van der Waals surface area contributed by atoms with Gasteiger partial charge in [0.2, 0.25) is 5.95 Å². The molecular formula is C20H22N4O2. The minimum Gasteiger partial charge on any atom is -0.497 e. The van der Waals surface area contributed by atoms with Crippen molar-refractivity contribution in [2.24, 2.45) is 0 Å². The van der Waals surface area contributed by atoms with E-state index in [2.05, 4.69) is 20.6 Å². The molecule has 0 radical (unpaired) electrons. The van der Waals surface area contributed by atoms with Crippen LogP contribution >= 0.6 is 0 Å². The summed E-state index contributed by atoms with van der Waals surface area (Å²) in [5.74, 6) is 2.85. The lowest BCUT2D eigenvalue weighted by atomic mass is 10.3.